The molecule has 5 rings (SSSR count). The van der Waals surface area contributed by atoms with Gasteiger partial charge in [-0.1, -0.05) is 0 Å². The van der Waals surface area contributed by atoms with E-state index in [2.05, 4.69) is 35.7 Å². The highest BCUT2D eigenvalue weighted by atomic mass is 32.1. The number of hydrogen-bond donors (Lipinski definition) is 1. The lowest BCUT2D eigenvalue weighted by Gasteiger charge is -2.38. The monoisotopic (exact) mass is 453 g/mol. The van der Waals surface area contributed by atoms with Crippen molar-refractivity contribution in [3.8, 4) is 5.88 Å². The van der Waals surface area contributed by atoms with Gasteiger partial charge >= 0.3 is 6.18 Å². The van der Waals surface area contributed by atoms with Gasteiger partial charge in [-0.15, -0.1) is 5.10 Å². The molecule has 1 saturated heterocycles. The highest BCUT2D eigenvalue weighted by Crippen LogP contribution is 2.41. The van der Waals surface area contributed by atoms with Gasteiger partial charge in [-0.2, -0.15) is 22.5 Å². The molecule has 0 spiro atoms. The Hall–Kier alpha value is -2.63. The molecule has 0 radical (unpaired) electrons. The van der Waals surface area contributed by atoms with Crippen molar-refractivity contribution < 1.29 is 17.9 Å². The molecule has 1 N–H and O–H groups in total. The summed E-state index contributed by atoms with van der Waals surface area (Å²) in [5.41, 5.74) is 1.19. The van der Waals surface area contributed by atoms with E-state index in [0.717, 1.165) is 38.5 Å². The van der Waals surface area contributed by atoms with Crippen LogP contribution in [0.1, 0.15) is 25.5 Å². The van der Waals surface area contributed by atoms with Crippen molar-refractivity contribution >= 4 is 28.1 Å². The first kappa shape index (κ1) is 20.3. The van der Waals surface area contributed by atoms with Gasteiger partial charge in [0.1, 0.15) is 5.00 Å². The van der Waals surface area contributed by atoms with E-state index in [9.17, 15) is 13.2 Å². The fraction of sp³-hybridized carbons (Fsp3) is 0.579. The first-order chi connectivity index (χ1) is 14.8. The van der Waals surface area contributed by atoms with Crippen LogP contribution in [-0.4, -0.2) is 55.4 Å². The summed E-state index contributed by atoms with van der Waals surface area (Å²) in [6, 6.07) is 2.34. The van der Waals surface area contributed by atoms with Crippen LogP contribution in [0, 0.1) is 18.8 Å². The number of hydrogen-bond acceptors (Lipinski definition) is 8. The fourth-order valence-corrected chi connectivity index (χ4v) is 5.24. The lowest BCUT2D eigenvalue weighted by atomic mass is 9.92. The summed E-state index contributed by atoms with van der Waals surface area (Å²) in [6.45, 7) is 4.81. The van der Waals surface area contributed by atoms with Gasteiger partial charge in [-0.05, 0) is 56.1 Å². The molecule has 2 aliphatic rings. The molecule has 0 amide bonds. The van der Waals surface area contributed by atoms with Gasteiger partial charge in [0.15, 0.2) is 6.10 Å². The van der Waals surface area contributed by atoms with Crippen molar-refractivity contribution in [3.63, 3.8) is 0 Å². The van der Waals surface area contributed by atoms with Crippen molar-refractivity contribution in [2.45, 2.75) is 45.0 Å². The Bertz CT molecular complexity index is 1070. The predicted molar refractivity (Wildman–Crippen MR) is 110 cm³/mol. The predicted octanol–water partition coefficient (Wildman–Crippen LogP) is 3.55. The molecule has 4 heterocycles. The molecule has 1 unspecified atom stereocenters. The van der Waals surface area contributed by atoms with Crippen LogP contribution in [0.25, 0.3) is 5.65 Å². The molecule has 8 nitrogen and oxygen atoms in total. The Kier molecular flexibility index (Phi) is 4.91. The quantitative estimate of drug-likeness (QED) is 0.633. The Morgan fingerprint density at radius 3 is 2.65 bits per heavy atom. The SMILES string of the molecule is Cc1cc(N2C[C@H]3CC[C@@H](C2)C3Nc2nc3c(O[C@@H](C)C(F)(F)F)nccn3n2)sn1. The zero-order valence-electron chi connectivity index (χ0n) is 17.0. The molecule has 3 aromatic heterocycles. The Balaban J connectivity index is 1.33. The van der Waals surface area contributed by atoms with E-state index < -0.39 is 12.3 Å². The standard InChI is InChI=1S/C19H22F3N7OS/c1-10-7-14(31-27-10)28-8-12-3-4-13(9-28)15(12)24-18-25-16-17(23-5-6-29(16)26-18)30-11(2)19(20,21)22/h5-7,11-13,15H,3-4,8-9H2,1-2H3,(H,24,26)/t11-,12-,13+,15?/m0/s1. The van der Waals surface area contributed by atoms with Crippen LogP contribution in [0.15, 0.2) is 18.5 Å². The fourth-order valence-electron chi connectivity index (χ4n) is 4.46. The van der Waals surface area contributed by atoms with Gasteiger partial charge in [0.25, 0.3) is 5.88 Å². The maximum absolute atomic E-state index is 12.9. The van der Waals surface area contributed by atoms with Gasteiger partial charge in [0.05, 0.1) is 5.69 Å². The number of piperidine rings is 1. The minimum atomic E-state index is -4.49. The second-order valence-electron chi connectivity index (χ2n) is 8.22. The summed E-state index contributed by atoms with van der Waals surface area (Å²) < 4.78 is 49.4. The van der Waals surface area contributed by atoms with Gasteiger partial charge in [0.2, 0.25) is 11.6 Å². The third-order valence-corrected chi connectivity index (χ3v) is 6.97. The van der Waals surface area contributed by atoms with Gasteiger partial charge in [-0.3, -0.25) is 0 Å². The van der Waals surface area contributed by atoms with Crippen molar-refractivity contribution in [2.24, 2.45) is 11.8 Å². The third-order valence-electron chi connectivity index (χ3n) is 6.03. The molecule has 3 aromatic rings. The topological polar surface area (TPSA) is 80.5 Å². The normalized spacial score (nSPS) is 24.5. The molecule has 12 heteroatoms. The van der Waals surface area contributed by atoms with E-state index >= 15 is 0 Å². The van der Waals surface area contributed by atoms with Crippen LogP contribution in [0.3, 0.4) is 0 Å². The average molecular weight is 453 g/mol. The number of nitrogens with zero attached hydrogens (tertiary/aromatic N) is 6. The zero-order valence-corrected chi connectivity index (χ0v) is 17.8. The van der Waals surface area contributed by atoms with Crippen molar-refractivity contribution in [2.75, 3.05) is 23.3 Å². The average Bonchev–Trinajstić information content (AvgIpc) is 3.38. The Morgan fingerprint density at radius 2 is 2.00 bits per heavy atom. The number of halogens is 3. The van der Waals surface area contributed by atoms with Crippen LogP contribution in [0.2, 0.25) is 0 Å². The van der Waals surface area contributed by atoms with Crippen LogP contribution < -0.4 is 15.0 Å². The Labute approximate surface area is 180 Å². The lowest BCUT2D eigenvalue weighted by Crippen LogP contribution is -2.48. The molecule has 1 saturated carbocycles. The minimum Gasteiger partial charge on any atom is -0.462 e. The van der Waals surface area contributed by atoms with E-state index in [1.54, 1.807) is 6.20 Å². The maximum Gasteiger partial charge on any atom is 0.425 e. The number of aryl methyl sites for hydroxylation is 1. The number of rotatable bonds is 5. The van der Waals surface area contributed by atoms with Crippen molar-refractivity contribution in [1.82, 2.24) is 24.0 Å². The second kappa shape index (κ2) is 7.50. The largest absolute Gasteiger partial charge is 0.462 e. The number of aromatic nitrogens is 5. The number of nitrogens with one attached hydrogen (secondary N) is 1. The second-order valence-corrected chi connectivity index (χ2v) is 9.00. The van der Waals surface area contributed by atoms with E-state index in [1.807, 2.05) is 6.92 Å². The summed E-state index contributed by atoms with van der Waals surface area (Å²) in [6.07, 6.45) is -1.36. The minimum absolute atomic E-state index is 0.158. The summed E-state index contributed by atoms with van der Waals surface area (Å²) in [4.78, 5) is 10.7. The van der Waals surface area contributed by atoms with E-state index in [0.29, 0.717) is 17.8 Å². The van der Waals surface area contributed by atoms with Crippen LogP contribution in [0.5, 0.6) is 5.88 Å². The molecule has 31 heavy (non-hydrogen) atoms. The molecule has 1 aliphatic heterocycles. The van der Waals surface area contributed by atoms with Crippen LogP contribution in [0.4, 0.5) is 24.1 Å². The van der Waals surface area contributed by atoms with Crippen molar-refractivity contribution in [3.05, 3.63) is 24.2 Å². The first-order valence-corrected chi connectivity index (χ1v) is 10.9. The maximum atomic E-state index is 12.9. The number of ether oxygens (including phenoxy) is 1. The van der Waals surface area contributed by atoms with Crippen molar-refractivity contribution in [1.29, 1.82) is 0 Å². The summed E-state index contributed by atoms with van der Waals surface area (Å²) >= 11 is 1.53. The smallest absolute Gasteiger partial charge is 0.425 e. The summed E-state index contributed by atoms with van der Waals surface area (Å²) in [5, 5.41) is 9.02. The summed E-state index contributed by atoms with van der Waals surface area (Å²) in [5.74, 6) is 1.06. The molecule has 166 valence electrons. The lowest BCUT2D eigenvalue weighted by molar-refractivity contribution is -0.189. The number of anilines is 2. The van der Waals surface area contributed by atoms with Gasteiger partial charge < -0.3 is 15.0 Å². The third kappa shape index (κ3) is 3.88. The molecular weight excluding hydrogens is 431 g/mol. The highest BCUT2D eigenvalue weighted by molar-refractivity contribution is 7.10. The van der Waals surface area contributed by atoms with E-state index in [4.69, 9.17) is 4.74 Å². The first-order valence-electron chi connectivity index (χ1n) is 10.2. The van der Waals surface area contributed by atoms with Crippen LogP contribution in [-0.2, 0) is 0 Å². The molecule has 0 aromatic carbocycles. The zero-order chi connectivity index (χ0) is 21.8. The molecular formula is C19H22F3N7OS. The summed E-state index contributed by atoms with van der Waals surface area (Å²) in [7, 11) is 0. The Morgan fingerprint density at radius 1 is 1.26 bits per heavy atom. The van der Waals surface area contributed by atoms with E-state index in [1.165, 1.54) is 27.2 Å². The number of alkyl halides is 3. The molecule has 4 atom stereocenters. The molecule has 2 bridgehead atoms. The molecule has 1 aliphatic carbocycles. The van der Waals surface area contributed by atoms with Crippen LogP contribution >= 0.6 is 11.5 Å². The highest BCUT2D eigenvalue weighted by Gasteiger charge is 2.43. The molecule has 2 fully saturated rings. The van der Waals surface area contributed by atoms with Gasteiger partial charge in [-0.25, -0.2) is 9.50 Å². The number of fused-ring (bicyclic) bond motifs is 3. The van der Waals surface area contributed by atoms with E-state index in [-0.39, 0.29) is 17.6 Å². The van der Waals surface area contributed by atoms with Gasteiger partial charge in [0, 0.05) is 31.5 Å².